The molecule has 0 aliphatic carbocycles. The number of aliphatic hydroxyl groups excluding tert-OH is 1. The number of halogens is 3. The SMILES string of the molecule is OCC#Cc1cc(F)cc(F)c1F. The van der Waals surface area contributed by atoms with Crippen LogP contribution < -0.4 is 0 Å². The molecule has 1 aromatic carbocycles. The fourth-order valence-corrected chi connectivity index (χ4v) is 0.782. The van der Waals surface area contributed by atoms with Crippen LogP contribution in [0, 0.1) is 29.3 Å². The number of hydrogen-bond acceptors (Lipinski definition) is 1. The van der Waals surface area contributed by atoms with Gasteiger partial charge in [-0.2, -0.15) is 0 Å². The first-order valence-corrected chi connectivity index (χ1v) is 3.39. The van der Waals surface area contributed by atoms with E-state index in [4.69, 9.17) is 5.11 Å². The summed E-state index contributed by atoms with van der Waals surface area (Å²) in [7, 11) is 0. The Bertz CT molecular complexity index is 376. The van der Waals surface area contributed by atoms with Gasteiger partial charge in [0.05, 0.1) is 5.56 Å². The van der Waals surface area contributed by atoms with Gasteiger partial charge in [-0.25, -0.2) is 13.2 Å². The van der Waals surface area contributed by atoms with E-state index in [0.29, 0.717) is 6.07 Å². The van der Waals surface area contributed by atoms with Crippen LogP contribution in [0.3, 0.4) is 0 Å². The smallest absolute Gasteiger partial charge is 0.174 e. The van der Waals surface area contributed by atoms with Crippen LogP contribution in [0.15, 0.2) is 12.1 Å². The molecule has 13 heavy (non-hydrogen) atoms. The van der Waals surface area contributed by atoms with E-state index >= 15 is 0 Å². The molecule has 4 heteroatoms. The van der Waals surface area contributed by atoms with Crippen molar-refractivity contribution in [3.05, 3.63) is 35.1 Å². The molecule has 1 N–H and O–H groups in total. The zero-order valence-corrected chi connectivity index (χ0v) is 6.44. The molecule has 0 aromatic heterocycles. The van der Waals surface area contributed by atoms with E-state index in [-0.39, 0.29) is 0 Å². The molecule has 0 atom stereocenters. The lowest BCUT2D eigenvalue weighted by atomic mass is 10.2. The van der Waals surface area contributed by atoms with Crippen molar-refractivity contribution in [3.63, 3.8) is 0 Å². The van der Waals surface area contributed by atoms with Crippen molar-refractivity contribution in [2.24, 2.45) is 0 Å². The summed E-state index contributed by atoms with van der Waals surface area (Å²) in [6, 6.07) is 1.19. The van der Waals surface area contributed by atoms with Gasteiger partial charge in [-0.3, -0.25) is 0 Å². The maximum atomic E-state index is 12.8. The van der Waals surface area contributed by atoms with Gasteiger partial charge < -0.3 is 5.11 Å². The van der Waals surface area contributed by atoms with Gasteiger partial charge in [0.1, 0.15) is 12.4 Å². The Balaban J connectivity index is 3.20. The zero-order valence-electron chi connectivity index (χ0n) is 6.44. The molecule has 0 spiro atoms. The van der Waals surface area contributed by atoms with Gasteiger partial charge in [-0.15, -0.1) is 0 Å². The summed E-state index contributed by atoms with van der Waals surface area (Å²) in [4.78, 5) is 0. The Morgan fingerprint density at radius 3 is 2.54 bits per heavy atom. The van der Waals surface area contributed by atoms with E-state index in [1.165, 1.54) is 0 Å². The topological polar surface area (TPSA) is 20.2 Å². The molecule has 0 radical (unpaired) electrons. The minimum absolute atomic E-state index is 0.397. The van der Waals surface area contributed by atoms with Gasteiger partial charge in [0, 0.05) is 6.07 Å². The summed E-state index contributed by atoms with van der Waals surface area (Å²) >= 11 is 0. The van der Waals surface area contributed by atoms with Crippen LogP contribution in [0.25, 0.3) is 0 Å². The van der Waals surface area contributed by atoms with Crippen molar-refractivity contribution < 1.29 is 18.3 Å². The summed E-state index contributed by atoms with van der Waals surface area (Å²) in [5.41, 5.74) is -0.397. The average Bonchev–Trinajstić information content (AvgIpc) is 2.09. The van der Waals surface area contributed by atoms with E-state index in [1.807, 2.05) is 0 Å². The van der Waals surface area contributed by atoms with Gasteiger partial charge in [0.2, 0.25) is 0 Å². The molecule has 0 heterocycles. The minimum Gasteiger partial charge on any atom is -0.384 e. The van der Waals surface area contributed by atoms with E-state index in [9.17, 15) is 13.2 Å². The third-order valence-corrected chi connectivity index (χ3v) is 1.30. The van der Waals surface area contributed by atoms with Crippen molar-refractivity contribution in [3.8, 4) is 11.8 Å². The molecule has 0 aliphatic rings. The van der Waals surface area contributed by atoms with Crippen molar-refractivity contribution in [1.82, 2.24) is 0 Å². The second-order valence-electron chi connectivity index (χ2n) is 2.21. The van der Waals surface area contributed by atoms with Crippen LogP contribution in [0.5, 0.6) is 0 Å². The summed E-state index contributed by atoms with van der Waals surface area (Å²) in [6.45, 7) is -0.489. The van der Waals surface area contributed by atoms with E-state index in [0.717, 1.165) is 6.07 Å². The molecule has 0 saturated heterocycles. The fraction of sp³-hybridized carbons (Fsp3) is 0.111. The van der Waals surface area contributed by atoms with E-state index < -0.39 is 29.6 Å². The highest BCUT2D eigenvalue weighted by Crippen LogP contribution is 2.12. The van der Waals surface area contributed by atoms with Crippen LogP contribution in [-0.2, 0) is 0 Å². The van der Waals surface area contributed by atoms with Gasteiger partial charge in [0.25, 0.3) is 0 Å². The minimum atomic E-state index is -1.29. The van der Waals surface area contributed by atoms with Gasteiger partial charge >= 0.3 is 0 Å². The third kappa shape index (κ3) is 2.23. The van der Waals surface area contributed by atoms with Gasteiger partial charge in [-0.1, -0.05) is 11.8 Å². The predicted octanol–water partition coefficient (Wildman–Crippen LogP) is 1.45. The molecular weight excluding hydrogens is 181 g/mol. The summed E-state index contributed by atoms with van der Waals surface area (Å²) < 4.78 is 37.8. The maximum absolute atomic E-state index is 12.8. The highest BCUT2D eigenvalue weighted by Gasteiger charge is 2.08. The first-order chi connectivity index (χ1) is 6.15. The van der Waals surface area contributed by atoms with Crippen molar-refractivity contribution in [2.75, 3.05) is 6.61 Å². The lowest BCUT2D eigenvalue weighted by molar-refractivity contribution is 0.350. The standard InChI is InChI=1S/C9H5F3O/c10-7-4-6(2-1-3-13)9(12)8(11)5-7/h4-5,13H,3H2. The van der Waals surface area contributed by atoms with E-state index in [2.05, 4.69) is 11.8 Å². The Kier molecular flexibility index (Phi) is 2.93. The highest BCUT2D eigenvalue weighted by atomic mass is 19.2. The molecule has 1 rings (SSSR count). The Morgan fingerprint density at radius 2 is 1.92 bits per heavy atom. The van der Waals surface area contributed by atoms with Crippen LogP contribution >= 0.6 is 0 Å². The fourth-order valence-electron chi connectivity index (χ4n) is 0.782. The van der Waals surface area contributed by atoms with Crippen LogP contribution in [0.1, 0.15) is 5.56 Å². The number of rotatable bonds is 0. The second kappa shape index (κ2) is 3.97. The lowest BCUT2D eigenvalue weighted by Gasteiger charge is -1.96. The number of hydrogen-bond donors (Lipinski definition) is 1. The Labute approximate surface area is 72.8 Å². The van der Waals surface area contributed by atoms with Crippen molar-refractivity contribution >= 4 is 0 Å². The van der Waals surface area contributed by atoms with Gasteiger partial charge in [-0.05, 0) is 6.07 Å². The first-order valence-electron chi connectivity index (χ1n) is 3.39. The molecule has 1 nitrogen and oxygen atoms in total. The normalized spacial score (nSPS) is 9.23. The molecule has 0 unspecified atom stereocenters. The molecular formula is C9H5F3O. The number of aliphatic hydroxyl groups is 1. The van der Waals surface area contributed by atoms with Crippen LogP contribution in [0.2, 0.25) is 0 Å². The highest BCUT2D eigenvalue weighted by molar-refractivity contribution is 5.36. The lowest BCUT2D eigenvalue weighted by Crippen LogP contribution is -1.92. The number of benzene rings is 1. The summed E-state index contributed by atoms with van der Waals surface area (Å²) in [5, 5.41) is 8.27. The maximum Gasteiger partial charge on any atom is 0.174 e. The molecule has 0 aliphatic heterocycles. The van der Waals surface area contributed by atoms with E-state index in [1.54, 1.807) is 0 Å². The van der Waals surface area contributed by atoms with Crippen molar-refractivity contribution in [1.29, 1.82) is 0 Å². The molecule has 0 amide bonds. The Morgan fingerprint density at radius 1 is 1.23 bits per heavy atom. The molecule has 0 bridgehead atoms. The molecule has 0 saturated carbocycles. The van der Waals surface area contributed by atoms with Crippen LogP contribution in [-0.4, -0.2) is 11.7 Å². The monoisotopic (exact) mass is 186 g/mol. The predicted molar refractivity (Wildman–Crippen MR) is 40.3 cm³/mol. The average molecular weight is 186 g/mol. The summed E-state index contributed by atoms with van der Waals surface area (Å²) in [6.07, 6.45) is 0. The zero-order chi connectivity index (χ0) is 9.84. The quantitative estimate of drug-likeness (QED) is 0.480. The van der Waals surface area contributed by atoms with Crippen LogP contribution in [0.4, 0.5) is 13.2 Å². The third-order valence-electron chi connectivity index (χ3n) is 1.30. The largest absolute Gasteiger partial charge is 0.384 e. The second-order valence-corrected chi connectivity index (χ2v) is 2.21. The van der Waals surface area contributed by atoms with Crippen molar-refractivity contribution in [2.45, 2.75) is 0 Å². The summed E-state index contributed by atoms with van der Waals surface area (Å²) in [5.74, 6) is 0.784. The van der Waals surface area contributed by atoms with Gasteiger partial charge in [0.15, 0.2) is 11.6 Å². The molecule has 0 fully saturated rings. The molecule has 68 valence electrons. The Hall–Kier alpha value is -1.47. The molecule has 1 aromatic rings. The first kappa shape index (κ1) is 9.62.